The lowest BCUT2D eigenvalue weighted by Gasteiger charge is -2.34. The van der Waals surface area contributed by atoms with Crippen molar-refractivity contribution in [3.05, 3.63) is 93.5 Å². The van der Waals surface area contributed by atoms with Gasteiger partial charge >= 0.3 is 0 Å². The van der Waals surface area contributed by atoms with Gasteiger partial charge in [0.1, 0.15) is 11.6 Å². The quantitative estimate of drug-likeness (QED) is 0.141. The maximum absolute atomic E-state index is 13.9. The van der Waals surface area contributed by atoms with Crippen molar-refractivity contribution in [1.29, 1.82) is 0 Å². The Hall–Kier alpha value is -1.83. The zero-order valence-electron chi connectivity index (χ0n) is 18.8. The number of alkyl halides is 2. The second-order valence-corrected chi connectivity index (χ2v) is 14.0. The zero-order valence-corrected chi connectivity index (χ0v) is 23.9. The fraction of sp³-hybridized carbons (Fsp3) is 0.200. The van der Waals surface area contributed by atoms with Crippen molar-refractivity contribution >= 4 is 79.8 Å². The summed E-state index contributed by atoms with van der Waals surface area (Å²) in [6.45, 7) is 5.13. The topological polar surface area (TPSA) is 78.4 Å². The van der Waals surface area contributed by atoms with Gasteiger partial charge < -0.3 is 15.7 Å². The Labute approximate surface area is 233 Å². The Balaban J connectivity index is 1.87. The second kappa shape index (κ2) is 10.7. The molecule has 3 aromatic rings. The maximum Gasteiger partial charge on any atom is 0.251 e. The summed E-state index contributed by atoms with van der Waals surface area (Å²) in [6.07, 6.45) is 0. The van der Waals surface area contributed by atoms with Crippen molar-refractivity contribution in [3.8, 4) is 0 Å². The number of rotatable bonds is 7. The number of ketones is 1. The third kappa shape index (κ3) is 6.49. The van der Waals surface area contributed by atoms with Crippen molar-refractivity contribution in [3.63, 3.8) is 0 Å². The molecule has 0 aliphatic heterocycles. The summed E-state index contributed by atoms with van der Waals surface area (Å²) in [7, 11) is 0. The van der Waals surface area contributed by atoms with Crippen LogP contribution in [0.3, 0.4) is 0 Å². The highest BCUT2D eigenvalue weighted by Crippen LogP contribution is 2.36. The predicted octanol–water partition coefficient (Wildman–Crippen LogP) is 6.93. The molecule has 0 saturated carbocycles. The van der Waals surface area contributed by atoms with Crippen molar-refractivity contribution in [2.45, 2.75) is 27.9 Å². The minimum atomic E-state index is -1.23. The van der Waals surface area contributed by atoms with E-state index in [0.29, 0.717) is 16.8 Å². The van der Waals surface area contributed by atoms with E-state index in [1.54, 1.807) is 39.0 Å². The van der Waals surface area contributed by atoms with Crippen molar-refractivity contribution in [2.24, 2.45) is 0 Å². The van der Waals surface area contributed by atoms with E-state index in [1.807, 2.05) is 45.2 Å². The highest BCUT2D eigenvalue weighted by atomic mass is 127. The molecule has 0 bridgehead atoms. The molecule has 1 amide bonds. The summed E-state index contributed by atoms with van der Waals surface area (Å²) in [5.74, 6) is -2.29. The van der Waals surface area contributed by atoms with E-state index in [1.165, 1.54) is 24.3 Å². The van der Waals surface area contributed by atoms with Crippen LogP contribution < -0.4 is 10.6 Å². The first kappa shape index (κ1) is 27.8. The molecule has 10 heteroatoms. The molecule has 0 aromatic heterocycles. The molecule has 0 radical (unpaired) electrons. The predicted molar refractivity (Wildman–Crippen MR) is 150 cm³/mol. The van der Waals surface area contributed by atoms with Crippen LogP contribution in [0.4, 0.5) is 20.2 Å². The van der Waals surface area contributed by atoms with Gasteiger partial charge in [-0.15, -0.1) is 0 Å². The van der Waals surface area contributed by atoms with Crippen molar-refractivity contribution in [1.82, 2.24) is 5.32 Å². The van der Waals surface area contributed by atoms with E-state index in [0.717, 1.165) is 12.1 Å². The van der Waals surface area contributed by atoms with Gasteiger partial charge in [0.2, 0.25) is 0 Å². The molecule has 3 aromatic carbocycles. The van der Waals surface area contributed by atoms with Crippen LogP contribution in [0.25, 0.3) is 0 Å². The smallest absolute Gasteiger partial charge is 0.251 e. The Morgan fingerprint density at radius 2 is 1.66 bits per heavy atom. The SMILES string of the molecule is Cc1ccc(C(=O)NC(C)(C)C(O)(I)I)cc1C(=O)c1ccc(Nc2ccc(F)cc2F)cc1Cl. The van der Waals surface area contributed by atoms with Crippen LogP contribution in [0.5, 0.6) is 0 Å². The molecule has 0 aliphatic rings. The Kier molecular flexibility index (Phi) is 8.45. The number of aryl methyl sites for hydroxylation is 1. The molecule has 0 spiro atoms. The first-order valence-corrected chi connectivity index (χ1v) is 12.8. The fourth-order valence-corrected chi connectivity index (χ4v) is 3.64. The number of hydrogen-bond acceptors (Lipinski definition) is 4. The number of hydrogen-bond donors (Lipinski definition) is 3. The molecular weight excluding hydrogens is 704 g/mol. The average Bonchev–Trinajstić information content (AvgIpc) is 2.74. The van der Waals surface area contributed by atoms with E-state index >= 15 is 0 Å². The molecule has 0 aliphatic carbocycles. The fourth-order valence-electron chi connectivity index (χ4n) is 3.11. The Morgan fingerprint density at radius 3 is 2.26 bits per heavy atom. The average molecular weight is 725 g/mol. The normalized spacial score (nSPS) is 11.8. The number of anilines is 2. The Bertz CT molecular complexity index is 1310. The highest BCUT2D eigenvalue weighted by Gasteiger charge is 2.40. The second-order valence-electron chi connectivity index (χ2n) is 8.42. The molecule has 0 atom stereocenters. The lowest BCUT2D eigenvalue weighted by Crippen LogP contribution is -2.54. The van der Waals surface area contributed by atoms with E-state index in [4.69, 9.17) is 11.6 Å². The van der Waals surface area contributed by atoms with Crippen molar-refractivity contribution < 1.29 is 23.5 Å². The van der Waals surface area contributed by atoms with Crippen LogP contribution in [0.15, 0.2) is 54.6 Å². The van der Waals surface area contributed by atoms with Gasteiger partial charge in [-0.05, 0) is 114 Å². The van der Waals surface area contributed by atoms with E-state index in [-0.39, 0.29) is 27.6 Å². The minimum Gasteiger partial charge on any atom is -0.369 e. The van der Waals surface area contributed by atoms with Crippen LogP contribution in [0.1, 0.15) is 45.7 Å². The van der Waals surface area contributed by atoms with Crippen LogP contribution in [-0.2, 0) is 0 Å². The molecule has 3 N–H and O–H groups in total. The number of aliphatic hydroxyl groups is 1. The lowest BCUT2D eigenvalue weighted by atomic mass is 9.96. The minimum absolute atomic E-state index is 0.0592. The van der Waals surface area contributed by atoms with Crippen LogP contribution >= 0.6 is 56.8 Å². The van der Waals surface area contributed by atoms with Gasteiger partial charge in [0.05, 0.1) is 16.2 Å². The summed E-state index contributed by atoms with van der Waals surface area (Å²) < 4.78 is 25.8. The molecular formula is C25H21ClF2I2N2O3. The van der Waals surface area contributed by atoms with E-state index in [2.05, 4.69) is 10.6 Å². The number of benzene rings is 3. The van der Waals surface area contributed by atoms with Gasteiger partial charge in [-0.25, -0.2) is 8.78 Å². The maximum atomic E-state index is 13.9. The van der Waals surface area contributed by atoms with Crippen molar-refractivity contribution in [2.75, 3.05) is 5.32 Å². The Morgan fingerprint density at radius 1 is 0.971 bits per heavy atom. The van der Waals surface area contributed by atoms with Gasteiger partial charge in [0.25, 0.3) is 5.91 Å². The first-order chi connectivity index (χ1) is 16.2. The summed E-state index contributed by atoms with van der Waals surface area (Å²) >= 11 is 10.0. The molecule has 5 nitrogen and oxygen atoms in total. The number of amides is 1. The van der Waals surface area contributed by atoms with Gasteiger partial charge in [0.15, 0.2) is 7.40 Å². The van der Waals surface area contributed by atoms with Gasteiger partial charge in [-0.2, -0.15) is 0 Å². The zero-order chi connectivity index (χ0) is 26.1. The number of carbonyl (C=O) groups is 2. The summed E-state index contributed by atoms with van der Waals surface area (Å²) in [5, 5.41) is 16.0. The van der Waals surface area contributed by atoms with Gasteiger partial charge in [-0.1, -0.05) is 17.7 Å². The molecule has 0 unspecified atom stereocenters. The standard InChI is InChI=1S/C25H21ClF2I2N2O3/c1-13-4-5-14(23(34)32-24(2,3)25(29,30)35)10-18(13)22(33)17-8-7-16(12-19(17)26)31-21-9-6-15(27)11-20(21)28/h4-12,31,35H,1-3H3,(H,32,34). The number of nitrogens with one attached hydrogen (secondary N) is 2. The van der Waals surface area contributed by atoms with E-state index in [9.17, 15) is 23.5 Å². The van der Waals surface area contributed by atoms with Gasteiger partial charge in [-0.3, -0.25) is 9.59 Å². The highest BCUT2D eigenvalue weighted by molar-refractivity contribution is 14.2. The number of halogens is 5. The van der Waals surface area contributed by atoms with Gasteiger partial charge in [0, 0.05) is 28.4 Å². The van der Waals surface area contributed by atoms with Crippen LogP contribution in [-0.4, -0.2) is 24.0 Å². The summed E-state index contributed by atoms with van der Waals surface area (Å²) in [4.78, 5) is 26.1. The molecule has 35 heavy (non-hydrogen) atoms. The lowest BCUT2D eigenvalue weighted by molar-refractivity contribution is 0.0840. The summed E-state index contributed by atoms with van der Waals surface area (Å²) in [6, 6.07) is 12.4. The summed E-state index contributed by atoms with van der Waals surface area (Å²) in [5.41, 5.74) is 0.921. The first-order valence-electron chi connectivity index (χ1n) is 10.3. The molecule has 0 fully saturated rings. The van der Waals surface area contributed by atoms with Crippen LogP contribution in [0, 0.1) is 18.6 Å². The molecule has 0 saturated heterocycles. The largest absolute Gasteiger partial charge is 0.369 e. The number of carbonyl (C=O) groups excluding carboxylic acids is 2. The van der Waals surface area contributed by atoms with Crippen LogP contribution in [0.2, 0.25) is 5.02 Å². The third-order valence-corrected chi connectivity index (χ3v) is 8.36. The molecule has 184 valence electrons. The monoisotopic (exact) mass is 724 g/mol. The molecule has 3 rings (SSSR count). The van der Waals surface area contributed by atoms with E-state index < -0.39 is 24.7 Å². The third-order valence-electron chi connectivity index (χ3n) is 5.35. The molecule has 0 heterocycles.